The van der Waals surface area contributed by atoms with Crippen molar-refractivity contribution in [2.45, 2.75) is 39.2 Å². The number of allylic oxidation sites excluding steroid dienone is 1. The molecule has 0 amide bonds. The van der Waals surface area contributed by atoms with E-state index in [1.54, 1.807) is 12.2 Å². The molecule has 0 bridgehead atoms. The predicted octanol–water partition coefficient (Wildman–Crippen LogP) is 6.12. The molecule has 136 valence electrons. The Morgan fingerprint density at radius 3 is 2.30 bits per heavy atom. The fourth-order valence-corrected chi connectivity index (χ4v) is 4.04. The Bertz CT molecular complexity index is 1120. The lowest BCUT2D eigenvalue weighted by Gasteiger charge is -2.35. The predicted molar refractivity (Wildman–Crippen MR) is 114 cm³/mol. The maximum absolute atomic E-state index is 6.59. The summed E-state index contributed by atoms with van der Waals surface area (Å²) < 4.78 is 6.59. The Labute approximate surface area is 160 Å². The van der Waals surface area contributed by atoms with Gasteiger partial charge in [0.2, 0.25) is 0 Å². The fraction of sp³-hybridized carbons (Fsp3) is 0.250. The number of aromatic nitrogens is 2. The zero-order chi connectivity index (χ0) is 19.2. The van der Waals surface area contributed by atoms with E-state index in [-0.39, 0.29) is 5.60 Å². The van der Waals surface area contributed by atoms with E-state index in [4.69, 9.17) is 14.7 Å². The fourth-order valence-electron chi connectivity index (χ4n) is 4.04. The van der Waals surface area contributed by atoms with Crippen LogP contribution in [-0.4, -0.2) is 15.6 Å². The molecule has 1 aliphatic rings. The zero-order valence-corrected chi connectivity index (χ0v) is 16.2. The lowest BCUT2D eigenvalue weighted by Crippen LogP contribution is -2.34. The number of hydrogen-bond acceptors (Lipinski definition) is 3. The first-order valence-corrected chi connectivity index (χ1v) is 9.31. The molecule has 1 aliphatic heterocycles. The summed E-state index contributed by atoms with van der Waals surface area (Å²) in [5.41, 5.74) is 5.41. The van der Waals surface area contributed by atoms with Crippen LogP contribution in [0.3, 0.4) is 0 Å². The molecule has 1 unspecified atom stereocenters. The summed E-state index contributed by atoms with van der Waals surface area (Å²) in [5, 5.41) is 2.14. The first-order valence-electron chi connectivity index (χ1n) is 9.31. The molecule has 0 fully saturated rings. The largest absolute Gasteiger partial charge is 0.482 e. The topological polar surface area (TPSA) is 35.0 Å². The standard InChI is InChI=1S/C24H24N2O/c1-6-19-20(7-2)26-22-18-12-13-24(5,14-15(3)4)27-23(18)17-11-9-8-10-16(17)21(22)25-19/h6-11,14H,1-2,12-13H2,3-5H3. The Balaban J connectivity index is 2.09. The molecule has 4 rings (SSSR count). The smallest absolute Gasteiger partial charge is 0.133 e. The maximum Gasteiger partial charge on any atom is 0.133 e. The molecule has 0 radical (unpaired) electrons. The number of aryl methyl sites for hydroxylation is 1. The SMILES string of the molecule is C=Cc1nc2c3c(c4ccccc4c2nc1C=C)OC(C)(C=C(C)C)CC3. The van der Waals surface area contributed by atoms with Crippen molar-refractivity contribution in [1.82, 2.24) is 9.97 Å². The third-order valence-electron chi connectivity index (χ3n) is 5.13. The molecule has 3 heteroatoms. The van der Waals surface area contributed by atoms with Gasteiger partial charge in [0, 0.05) is 16.3 Å². The van der Waals surface area contributed by atoms with Crippen LogP contribution in [-0.2, 0) is 6.42 Å². The molecule has 0 saturated carbocycles. The van der Waals surface area contributed by atoms with Gasteiger partial charge in [-0.15, -0.1) is 0 Å². The van der Waals surface area contributed by atoms with Gasteiger partial charge >= 0.3 is 0 Å². The Morgan fingerprint density at radius 2 is 1.67 bits per heavy atom. The van der Waals surface area contributed by atoms with Crippen molar-refractivity contribution in [3.8, 4) is 5.75 Å². The van der Waals surface area contributed by atoms with Crippen LogP contribution in [0, 0.1) is 0 Å². The molecule has 2 heterocycles. The molecule has 3 nitrogen and oxygen atoms in total. The van der Waals surface area contributed by atoms with Crippen LogP contribution in [0.4, 0.5) is 0 Å². The van der Waals surface area contributed by atoms with E-state index in [9.17, 15) is 0 Å². The lowest BCUT2D eigenvalue weighted by atomic mass is 9.88. The molecule has 1 atom stereocenters. The maximum atomic E-state index is 6.59. The first-order chi connectivity index (χ1) is 13.0. The molecular weight excluding hydrogens is 332 g/mol. The average molecular weight is 356 g/mol. The van der Waals surface area contributed by atoms with Crippen molar-refractivity contribution in [3.05, 3.63) is 66.0 Å². The van der Waals surface area contributed by atoms with Crippen molar-refractivity contribution < 1.29 is 4.74 Å². The van der Waals surface area contributed by atoms with Gasteiger partial charge in [-0.25, -0.2) is 9.97 Å². The van der Waals surface area contributed by atoms with Crippen LogP contribution in [0.1, 0.15) is 44.1 Å². The summed E-state index contributed by atoms with van der Waals surface area (Å²) >= 11 is 0. The van der Waals surface area contributed by atoms with E-state index >= 15 is 0 Å². The highest BCUT2D eigenvalue weighted by Crippen LogP contribution is 2.44. The Morgan fingerprint density at radius 1 is 1.04 bits per heavy atom. The second-order valence-corrected chi connectivity index (χ2v) is 7.59. The minimum atomic E-state index is -0.308. The van der Waals surface area contributed by atoms with Crippen molar-refractivity contribution in [3.63, 3.8) is 0 Å². The van der Waals surface area contributed by atoms with Crippen LogP contribution in [0.15, 0.2) is 49.1 Å². The van der Waals surface area contributed by atoms with Gasteiger partial charge in [-0.05, 0) is 51.8 Å². The van der Waals surface area contributed by atoms with Crippen molar-refractivity contribution in [2.24, 2.45) is 0 Å². The van der Waals surface area contributed by atoms with Crippen molar-refractivity contribution >= 4 is 34.0 Å². The zero-order valence-electron chi connectivity index (χ0n) is 16.2. The normalized spacial score (nSPS) is 18.6. The highest BCUT2D eigenvalue weighted by Gasteiger charge is 2.32. The monoisotopic (exact) mass is 356 g/mol. The summed E-state index contributed by atoms with van der Waals surface area (Å²) in [6.07, 6.45) is 7.50. The summed E-state index contributed by atoms with van der Waals surface area (Å²) in [7, 11) is 0. The van der Waals surface area contributed by atoms with Crippen LogP contribution in [0.5, 0.6) is 5.75 Å². The van der Waals surface area contributed by atoms with Crippen LogP contribution >= 0.6 is 0 Å². The number of rotatable bonds is 3. The molecule has 2 aromatic carbocycles. The van der Waals surface area contributed by atoms with Crippen molar-refractivity contribution in [2.75, 3.05) is 0 Å². The lowest BCUT2D eigenvalue weighted by molar-refractivity contribution is 0.116. The molecular formula is C24H24N2O. The van der Waals surface area contributed by atoms with Gasteiger partial charge in [-0.1, -0.05) is 43.0 Å². The Hall–Kier alpha value is -2.94. The van der Waals surface area contributed by atoms with Crippen LogP contribution in [0.25, 0.3) is 34.0 Å². The van der Waals surface area contributed by atoms with Gasteiger partial charge in [0.15, 0.2) is 0 Å². The number of nitrogens with zero attached hydrogens (tertiary/aromatic N) is 2. The molecule has 0 aliphatic carbocycles. The highest BCUT2D eigenvalue weighted by atomic mass is 16.5. The number of ether oxygens (including phenoxy) is 1. The second-order valence-electron chi connectivity index (χ2n) is 7.59. The minimum Gasteiger partial charge on any atom is -0.482 e. The molecule has 1 aromatic heterocycles. The van der Waals surface area contributed by atoms with Gasteiger partial charge in [0.1, 0.15) is 11.4 Å². The third kappa shape index (κ3) is 2.84. The molecule has 0 saturated heterocycles. The second kappa shape index (κ2) is 6.34. The summed E-state index contributed by atoms with van der Waals surface area (Å²) in [6.45, 7) is 14.1. The van der Waals surface area contributed by atoms with E-state index < -0.39 is 0 Å². The van der Waals surface area contributed by atoms with Gasteiger partial charge < -0.3 is 4.74 Å². The third-order valence-corrected chi connectivity index (χ3v) is 5.13. The molecule has 0 N–H and O–H groups in total. The number of hydrogen-bond donors (Lipinski definition) is 0. The highest BCUT2D eigenvalue weighted by molar-refractivity contribution is 6.09. The quantitative estimate of drug-likeness (QED) is 0.419. The minimum absolute atomic E-state index is 0.308. The Kier molecular flexibility index (Phi) is 4.11. The average Bonchev–Trinajstić information content (AvgIpc) is 2.66. The van der Waals surface area contributed by atoms with Crippen molar-refractivity contribution in [1.29, 1.82) is 0 Å². The molecule has 0 spiro atoms. The first kappa shape index (κ1) is 17.5. The van der Waals surface area contributed by atoms with Gasteiger partial charge in [-0.3, -0.25) is 0 Å². The van der Waals surface area contributed by atoms with E-state index in [1.165, 1.54) is 5.57 Å². The summed E-state index contributed by atoms with van der Waals surface area (Å²) in [6, 6.07) is 8.27. The number of benzene rings is 2. The van der Waals surface area contributed by atoms with E-state index in [0.717, 1.165) is 57.3 Å². The van der Waals surface area contributed by atoms with Crippen LogP contribution < -0.4 is 4.74 Å². The summed E-state index contributed by atoms with van der Waals surface area (Å²) in [4.78, 5) is 9.76. The van der Waals surface area contributed by atoms with Gasteiger partial charge in [0.25, 0.3) is 0 Å². The molecule has 3 aromatic rings. The van der Waals surface area contributed by atoms with Gasteiger partial charge in [0.05, 0.1) is 22.4 Å². The molecule has 27 heavy (non-hydrogen) atoms. The van der Waals surface area contributed by atoms with Gasteiger partial charge in [-0.2, -0.15) is 0 Å². The van der Waals surface area contributed by atoms with E-state index in [2.05, 4.69) is 52.1 Å². The van der Waals surface area contributed by atoms with E-state index in [0.29, 0.717) is 0 Å². The van der Waals surface area contributed by atoms with E-state index in [1.807, 2.05) is 12.1 Å². The summed E-state index contributed by atoms with van der Waals surface area (Å²) in [5.74, 6) is 0.931. The number of fused-ring (bicyclic) bond motifs is 6. The van der Waals surface area contributed by atoms with Crippen LogP contribution in [0.2, 0.25) is 0 Å².